The van der Waals surface area contributed by atoms with Gasteiger partial charge in [-0.05, 0) is 48.7 Å². The number of benzene rings is 3. The third-order valence-corrected chi connectivity index (χ3v) is 7.62. The maximum atomic E-state index is 14.0. The van der Waals surface area contributed by atoms with E-state index < -0.39 is 28.5 Å². The fourth-order valence-corrected chi connectivity index (χ4v) is 5.46. The number of anilines is 1. The molecule has 1 atom stereocenters. The molecule has 38 heavy (non-hydrogen) atoms. The van der Waals surface area contributed by atoms with E-state index in [1.54, 1.807) is 6.92 Å². The molecule has 7 nitrogen and oxygen atoms in total. The quantitative estimate of drug-likeness (QED) is 0.354. The predicted octanol–water partition coefficient (Wildman–Crippen LogP) is 4.84. The minimum Gasteiger partial charge on any atom is -0.355 e. The Kier molecular flexibility index (Phi) is 10.2. The minimum absolute atomic E-state index is 0.119. The second kappa shape index (κ2) is 13.1. The Bertz CT molecular complexity index is 1360. The number of likely N-dealkylation sites (N-methyl/N-ethyl adjacent to an activating group) is 1. The largest absolute Gasteiger partial charge is 0.355 e. The number of amides is 2. The monoisotopic (exact) mass is 575 g/mol. The van der Waals surface area contributed by atoms with Gasteiger partial charge in [-0.15, -0.1) is 0 Å². The van der Waals surface area contributed by atoms with Crippen LogP contribution in [0.3, 0.4) is 0 Å². The lowest BCUT2D eigenvalue weighted by Gasteiger charge is -2.33. The van der Waals surface area contributed by atoms with Gasteiger partial charge in [0.25, 0.3) is 0 Å². The first-order valence-corrected chi connectivity index (χ1v) is 14.7. The zero-order valence-electron chi connectivity index (χ0n) is 21.5. The molecule has 0 saturated heterocycles. The number of rotatable bonds is 11. The molecule has 1 N–H and O–H groups in total. The Hall–Kier alpha value is -3.07. The van der Waals surface area contributed by atoms with Gasteiger partial charge < -0.3 is 10.2 Å². The molecule has 0 aromatic heterocycles. The molecule has 202 valence electrons. The van der Waals surface area contributed by atoms with E-state index in [1.165, 1.54) is 23.1 Å². The van der Waals surface area contributed by atoms with Crippen molar-refractivity contribution >= 4 is 50.7 Å². The maximum absolute atomic E-state index is 14.0. The molecular weight excluding hydrogens is 545 g/mol. The summed E-state index contributed by atoms with van der Waals surface area (Å²) < 4.78 is 26.6. The molecule has 3 rings (SSSR count). The van der Waals surface area contributed by atoms with Crippen LogP contribution in [0.5, 0.6) is 0 Å². The van der Waals surface area contributed by atoms with Crippen LogP contribution in [-0.2, 0) is 32.6 Å². The summed E-state index contributed by atoms with van der Waals surface area (Å²) in [6.07, 6.45) is 1.26. The number of sulfonamides is 1. The predicted molar refractivity (Wildman–Crippen MR) is 153 cm³/mol. The third-order valence-electron chi connectivity index (χ3n) is 6.04. The lowest BCUT2D eigenvalue weighted by Crippen LogP contribution is -2.53. The van der Waals surface area contributed by atoms with E-state index in [2.05, 4.69) is 5.32 Å². The highest BCUT2D eigenvalue weighted by Gasteiger charge is 2.33. The van der Waals surface area contributed by atoms with E-state index in [1.807, 2.05) is 61.5 Å². The van der Waals surface area contributed by atoms with Crippen molar-refractivity contribution in [2.24, 2.45) is 0 Å². The van der Waals surface area contributed by atoms with Gasteiger partial charge in [0.05, 0.1) is 11.9 Å². The molecule has 0 saturated carbocycles. The van der Waals surface area contributed by atoms with Gasteiger partial charge in [-0.25, -0.2) is 8.42 Å². The fraction of sp³-hybridized carbons (Fsp3) is 0.286. The number of hydrogen-bond acceptors (Lipinski definition) is 4. The van der Waals surface area contributed by atoms with Gasteiger partial charge >= 0.3 is 0 Å². The summed E-state index contributed by atoms with van der Waals surface area (Å²) in [5.74, 6) is -0.864. The molecule has 0 aliphatic carbocycles. The number of hydrogen-bond donors (Lipinski definition) is 1. The van der Waals surface area contributed by atoms with E-state index in [9.17, 15) is 18.0 Å². The summed E-state index contributed by atoms with van der Waals surface area (Å²) in [7, 11) is -3.91. The zero-order chi connectivity index (χ0) is 27.9. The van der Waals surface area contributed by atoms with E-state index in [-0.39, 0.29) is 34.6 Å². The van der Waals surface area contributed by atoms with Crippen LogP contribution in [0.2, 0.25) is 10.0 Å². The summed E-state index contributed by atoms with van der Waals surface area (Å²) in [5, 5.41) is 3.29. The summed E-state index contributed by atoms with van der Waals surface area (Å²) in [5.41, 5.74) is 2.82. The van der Waals surface area contributed by atoms with Crippen molar-refractivity contribution < 1.29 is 18.0 Å². The summed E-state index contributed by atoms with van der Waals surface area (Å²) in [4.78, 5) is 28.8. The molecule has 10 heteroatoms. The SMILES string of the molecule is CCNC(=O)[C@@H](Cc1ccccc1)N(Cc1ccccc1C)C(=O)CN(c1cc(Cl)cc(Cl)c1)S(C)(=O)=O. The summed E-state index contributed by atoms with van der Waals surface area (Å²) in [6.45, 7) is 3.69. The van der Waals surface area contributed by atoms with Crippen LogP contribution < -0.4 is 9.62 Å². The topological polar surface area (TPSA) is 86.8 Å². The molecule has 0 aliphatic heterocycles. The normalized spacial score (nSPS) is 12.0. The van der Waals surface area contributed by atoms with Crippen LogP contribution >= 0.6 is 23.2 Å². The van der Waals surface area contributed by atoms with E-state index in [4.69, 9.17) is 23.2 Å². The lowest BCUT2D eigenvalue weighted by molar-refractivity contribution is -0.140. The van der Waals surface area contributed by atoms with Gasteiger partial charge in [-0.2, -0.15) is 0 Å². The highest BCUT2D eigenvalue weighted by Crippen LogP contribution is 2.27. The van der Waals surface area contributed by atoms with E-state index >= 15 is 0 Å². The van der Waals surface area contributed by atoms with Gasteiger partial charge in [-0.3, -0.25) is 13.9 Å². The van der Waals surface area contributed by atoms with Crippen molar-refractivity contribution in [1.82, 2.24) is 10.2 Å². The smallest absolute Gasteiger partial charge is 0.244 e. The van der Waals surface area contributed by atoms with Gasteiger partial charge in [0.2, 0.25) is 21.8 Å². The Balaban J connectivity index is 2.07. The second-order valence-electron chi connectivity index (χ2n) is 8.95. The highest BCUT2D eigenvalue weighted by atomic mass is 35.5. The summed E-state index contributed by atoms with van der Waals surface area (Å²) in [6, 6.07) is 20.4. The average Bonchev–Trinajstić information content (AvgIpc) is 2.85. The first kappa shape index (κ1) is 29.5. The number of nitrogens with one attached hydrogen (secondary N) is 1. The highest BCUT2D eigenvalue weighted by molar-refractivity contribution is 7.92. The maximum Gasteiger partial charge on any atom is 0.244 e. The number of nitrogens with zero attached hydrogens (tertiary/aromatic N) is 2. The molecule has 3 aromatic carbocycles. The van der Waals surface area contributed by atoms with Crippen LogP contribution in [0.25, 0.3) is 0 Å². The molecule has 0 radical (unpaired) electrons. The van der Waals surface area contributed by atoms with Crippen molar-refractivity contribution in [2.75, 3.05) is 23.7 Å². The second-order valence-corrected chi connectivity index (χ2v) is 11.7. The molecule has 0 fully saturated rings. The third kappa shape index (κ3) is 7.96. The number of carbonyl (C=O) groups is 2. The molecule has 2 amide bonds. The van der Waals surface area contributed by atoms with Crippen molar-refractivity contribution in [2.45, 2.75) is 32.9 Å². The Morgan fingerprint density at radius 3 is 2.13 bits per heavy atom. The van der Waals surface area contributed by atoms with Crippen molar-refractivity contribution in [3.8, 4) is 0 Å². The van der Waals surface area contributed by atoms with Crippen molar-refractivity contribution in [3.63, 3.8) is 0 Å². The van der Waals surface area contributed by atoms with Gasteiger partial charge in [0, 0.05) is 29.6 Å². The first-order valence-electron chi connectivity index (χ1n) is 12.1. The number of halogens is 2. The molecule has 3 aromatic rings. The van der Waals surface area contributed by atoms with Crippen LogP contribution in [0.1, 0.15) is 23.6 Å². The zero-order valence-corrected chi connectivity index (χ0v) is 23.9. The summed E-state index contributed by atoms with van der Waals surface area (Å²) >= 11 is 12.3. The fourth-order valence-electron chi connectivity index (χ4n) is 4.11. The average molecular weight is 577 g/mol. The number of carbonyl (C=O) groups excluding carboxylic acids is 2. The molecule has 0 bridgehead atoms. The Morgan fingerprint density at radius 1 is 0.947 bits per heavy atom. The van der Waals surface area contributed by atoms with Gasteiger partial charge in [0.15, 0.2) is 0 Å². The van der Waals surface area contributed by atoms with Crippen LogP contribution in [0.4, 0.5) is 5.69 Å². The first-order chi connectivity index (χ1) is 18.0. The van der Waals surface area contributed by atoms with Crippen LogP contribution in [0.15, 0.2) is 72.8 Å². The van der Waals surface area contributed by atoms with Crippen LogP contribution in [-0.4, -0.2) is 50.5 Å². The molecule has 0 unspecified atom stereocenters. The molecular formula is C28H31Cl2N3O4S. The van der Waals surface area contributed by atoms with E-state index in [0.717, 1.165) is 27.3 Å². The van der Waals surface area contributed by atoms with Crippen LogP contribution in [0, 0.1) is 6.92 Å². The van der Waals surface area contributed by atoms with Crippen molar-refractivity contribution in [3.05, 3.63) is 99.5 Å². The Morgan fingerprint density at radius 2 is 1.55 bits per heavy atom. The van der Waals surface area contributed by atoms with Gasteiger partial charge in [0.1, 0.15) is 12.6 Å². The lowest BCUT2D eigenvalue weighted by atomic mass is 10.0. The molecule has 0 heterocycles. The van der Waals surface area contributed by atoms with E-state index in [0.29, 0.717) is 6.54 Å². The standard InChI is InChI=1S/C28H31Cl2N3O4S/c1-4-31-28(35)26(14-21-11-6-5-7-12-21)32(18-22-13-9-8-10-20(22)2)27(34)19-33(38(3,36)37)25-16-23(29)15-24(30)17-25/h5-13,15-17,26H,4,14,18-19H2,1-3H3,(H,31,35)/t26-/m1/s1. The van der Waals surface area contributed by atoms with Gasteiger partial charge in [-0.1, -0.05) is 77.8 Å². The Labute approximate surface area is 234 Å². The molecule has 0 spiro atoms. The minimum atomic E-state index is -3.91. The molecule has 0 aliphatic rings. The number of aryl methyl sites for hydroxylation is 1. The van der Waals surface area contributed by atoms with Crippen molar-refractivity contribution in [1.29, 1.82) is 0 Å².